The molecule has 9 heteroatoms. The molecule has 0 N–H and O–H groups in total. The first-order valence-corrected chi connectivity index (χ1v) is 10.6. The van der Waals surface area contributed by atoms with E-state index in [2.05, 4.69) is 18.7 Å². The zero-order valence-electron chi connectivity index (χ0n) is 18.2. The van der Waals surface area contributed by atoms with Crippen LogP contribution in [0.5, 0.6) is 0 Å². The average Bonchev–Trinajstić information content (AvgIpc) is 2.98. The van der Waals surface area contributed by atoms with Crippen LogP contribution in [-0.4, -0.2) is 128 Å². The maximum Gasteiger partial charge on any atom is 0.321 e. The van der Waals surface area contributed by atoms with Gasteiger partial charge in [-0.15, -0.1) is 0 Å². The topological polar surface area (TPSA) is 76.6 Å². The maximum atomic E-state index is 13.1. The van der Waals surface area contributed by atoms with Crippen LogP contribution >= 0.6 is 0 Å². The molecule has 3 saturated heterocycles. The fourth-order valence-electron chi connectivity index (χ4n) is 4.46. The molecule has 4 amide bonds. The summed E-state index contributed by atoms with van der Waals surface area (Å²) in [6.45, 7) is 9.32. The SMILES string of the molecule is COCCN1CC2CN(CC(=O)N3CCN(C)CC3)C(=O)N2C(CC(C)C)C1=O. The van der Waals surface area contributed by atoms with Crippen LogP contribution < -0.4 is 0 Å². The Morgan fingerprint density at radius 3 is 2.38 bits per heavy atom. The van der Waals surface area contributed by atoms with Gasteiger partial charge in [-0.25, -0.2) is 4.79 Å². The number of amides is 4. The first-order chi connectivity index (χ1) is 13.8. The van der Waals surface area contributed by atoms with Gasteiger partial charge in [0.15, 0.2) is 0 Å². The zero-order chi connectivity index (χ0) is 21.1. The maximum absolute atomic E-state index is 13.1. The highest BCUT2D eigenvalue weighted by molar-refractivity contribution is 5.92. The lowest BCUT2D eigenvalue weighted by Crippen LogP contribution is -2.61. The molecule has 3 aliphatic heterocycles. The summed E-state index contributed by atoms with van der Waals surface area (Å²) < 4.78 is 5.15. The van der Waals surface area contributed by atoms with Crippen molar-refractivity contribution in [2.75, 3.05) is 73.1 Å². The highest BCUT2D eigenvalue weighted by Gasteiger charge is 2.49. The third-order valence-corrected chi connectivity index (χ3v) is 6.12. The molecule has 3 fully saturated rings. The second kappa shape index (κ2) is 9.30. The monoisotopic (exact) mass is 409 g/mol. The van der Waals surface area contributed by atoms with Gasteiger partial charge in [-0.05, 0) is 19.4 Å². The fraction of sp³-hybridized carbons (Fsp3) is 0.850. The van der Waals surface area contributed by atoms with Gasteiger partial charge in [0.1, 0.15) is 12.6 Å². The molecule has 0 spiro atoms. The largest absolute Gasteiger partial charge is 0.383 e. The van der Waals surface area contributed by atoms with Gasteiger partial charge in [-0.1, -0.05) is 13.8 Å². The molecule has 2 atom stereocenters. The summed E-state index contributed by atoms with van der Waals surface area (Å²) in [5.41, 5.74) is 0. The zero-order valence-corrected chi connectivity index (χ0v) is 18.2. The molecular formula is C20H35N5O4. The van der Waals surface area contributed by atoms with Crippen LogP contribution in [0, 0.1) is 5.92 Å². The van der Waals surface area contributed by atoms with Crippen molar-refractivity contribution in [1.29, 1.82) is 0 Å². The summed E-state index contributed by atoms with van der Waals surface area (Å²) in [7, 11) is 3.67. The van der Waals surface area contributed by atoms with Crippen LogP contribution in [0.25, 0.3) is 0 Å². The second-order valence-corrected chi connectivity index (χ2v) is 8.83. The molecule has 3 aliphatic rings. The summed E-state index contributed by atoms with van der Waals surface area (Å²) in [5.74, 6) is 0.280. The van der Waals surface area contributed by atoms with E-state index in [9.17, 15) is 14.4 Å². The predicted octanol–water partition coefficient (Wildman–Crippen LogP) is -0.230. The number of fused-ring (bicyclic) bond motifs is 1. The Kier molecular flexibility index (Phi) is 7.00. The Balaban J connectivity index is 1.69. The van der Waals surface area contributed by atoms with Gasteiger partial charge in [0.25, 0.3) is 0 Å². The minimum absolute atomic E-state index is 0.00530. The van der Waals surface area contributed by atoms with Gasteiger partial charge in [-0.3, -0.25) is 9.59 Å². The van der Waals surface area contributed by atoms with Crippen molar-refractivity contribution in [3.8, 4) is 0 Å². The van der Waals surface area contributed by atoms with Crippen molar-refractivity contribution >= 4 is 17.8 Å². The van der Waals surface area contributed by atoms with Gasteiger partial charge in [0.05, 0.1) is 12.6 Å². The van der Waals surface area contributed by atoms with Crippen LogP contribution in [0.15, 0.2) is 0 Å². The lowest BCUT2D eigenvalue weighted by molar-refractivity contribution is -0.143. The lowest BCUT2D eigenvalue weighted by Gasteiger charge is -2.42. The van der Waals surface area contributed by atoms with Crippen LogP contribution in [0.1, 0.15) is 20.3 Å². The summed E-state index contributed by atoms with van der Waals surface area (Å²) >= 11 is 0. The first-order valence-electron chi connectivity index (χ1n) is 10.6. The Labute approximate surface area is 173 Å². The normalized spacial score (nSPS) is 26.0. The standard InChI is InChI=1S/C20H35N5O4/c1-15(2)11-17-19(27)23(9-10-29-4)12-16-13-24(20(28)25(16)17)14-18(26)22-7-5-21(3)6-8-22/h15-17H,5-14H2,1-4H3. The molecule has 2 unspecified atom stereocenters. The van der Waals surface area contributed by atoms with Gasteiger partial charge >= 0.3 is 6.03 Å². The third kappa shape index (κ3) is 4.83. The predicted molar refractivity (Wildman–Crippen MR) is 108 cm³/mol. The quantitative estimate of drug-likeness (QED) is 0.581. The number of rotatable bonds is 7. The highest BCUT2D eigenvalue weighted by Crippen LogP contribution is 2.29. The van der Waals surface area contributed by atoms with Gasteiger partial charge in [-0.2, -0.15) is 0 Å². The molecule has 0 bridgehead atoms. The van der Waals surface area contributed by atoms with E-state index in [1.54, 1.807) is 16.9 Å². The Morgan fingerprint density at radius 1 is 1.10 bits per heavy atom. The van der Waals surface area contributed by atoms with E-state index in [0.29, 0.717) is 51.7 Å². The minimum Gasteiger partial charge on any atom is -0.383 e. The Bertz CT molecular complexity index is 620. The smallest absolute Gasteiger partial charge is 0.321 e. The molecule has 0 aliphatic carbocycles. The van der Waals surface area contributed by atoms with Crippen LogP contribution in [-0.2, 0) is 14.3 Å². The van der Waals surface area contributed by atoms with Crippen molar-refractivity contribution in [1.82, 2.24) is 24.5 Å². The number of urea groups is 1. The molecule has 29 heavy (non-hydrogen) atoms. The third-order valence-electron chi connectivity index (χ3n) is 6.12. The number of hydrogen-bond acceptors (Lipinski definition) is 5. The fourth-order valence-corrected chi connectivity index (χ4v) is 4.46. The molecule has 0 saturated carbocycles. The molecule has 0 aromatic rings. The van der Waals surface area contributed by atoms with Gasteiger partial charge < -0.3 is 29.2 Å². The molecule has 3 heterocycles. The Morgan fingerprint density at radius 2 is 1.76 bits per heavy atom. The number of carbonyl (C=O) groups excluding carboxylic acids is 3. The van der Waals surface area contributed by atoms with Crippen molar-refractivity contribution < 1.29 is 19.1 Å². The summed E-state index contributed by atoms with van der Waals surface area (Å²) in [5, 5.41) is 0. The summed E-state index contributed by atoms with van der Waals surface area (Å²) in [6, 6.07) is -0.703. The summed E-state index contributed by atoms with van der Waals surface area (Å²) in [4.78, 5) is 48.1. The number of piperazine rings is 2. The van der Waals surface area contributed by atoms with Gasteiger partial charge in [0.2, 0.25) is 11.8 Å². The molecule has 0 aromatic carbocycles. The number of hydrogen-bond donors (Lipinski definition) is 0. The van der Waals surface area contributed by atoms with E-state index in [1.807, 2.05) is 16.8 Å². The highest BCUT2D eigenvalue weighted by atomic mass is 16.5. The van der Waals surface area contributed by atoms with E-state index in [-0.39, 0.29) is 30.4 Å². The minimum atomic E-state index is -0.457. The first kappa shape index (κ1) is 21.8. The van der Waals surface area contributed by atoms with Crippen molar-refractivity contribution in [2.24, 2.45) is 5.92 Å². The summed E-state index contributed by atoms with van der Waals surface area (Å²) in [6.07, 6.45) is 0.630. The van der Waals surface area contributed by atoms with Crippen LogP contribution in [0.3, 0.4) is 0 Å². The van der Waals surface area contributed by atoms with E-state index >= 15 is 0 Å². The van der Waals surface area contributed by atoms with Gasteiger partial charge in [0, 0.05) is 52.9 Å². The van der Waals surface area contributed by atoms with Crippen LogP contribution in [0.2, 0.25) is 0 Å². The Hall–Kier alpha value is -1.87. The van der Waals surface area contributed by atoms with E-state index in [4.69, 9.17) is 4.74 Å². The molecular weight excluding hydrogens is 374 g/mol. The van der Waals surface area contributed by atoms with Crippen molar-refractivity contribution in [3.63, 3.8) is 0 Å². The number of carbonyl (C=O) groups is 3. The van der Waals surface area contributed by atoms with Crippen LogP contribution in [0.4, 0.5) is 4.79 Å². The van der Waals surface area contributed by atoms with E-state index in [1.165, 1.54) is 0 Å². The second-order valence-electron chi connectivity index (χ2n) is 8.83. The van der Waals surface area contributed by atoms with E-state index < -0.39 is 6.04 Å². The molecule has 9 nitrogen and oxygen atoms in total. The molecule has 164 valence electrons. The number of ether oxygens (including phenoxy) is 1. The van der Waals surface area contributed by atoms with Crippen molar-refractivity contribution in [3.05, 3.63) is 0 Å². The lowest BCUT2D eigenvalue weighted by atomic mass is 9.97. The molecule has 0 aromatic heterocycles. The van der Waals surface area contributed by atoms with E-state index in [0.717, 1.165) is 13.1 Å². The molecule has 3 rings (SSSR count). The number of methoxy groups -OCH3 is 1. The number of nitrogens with zero attached hydrogens (tertiary/aromatic N) is 5. The molecule has 0 radical (unpaired) electrons. The van der Waals surface area contributed by atoms with Crippen molar-refractivity contribution in [2.45, 2.75) is 32.4 Å². The number of likely N-dealkylation sites (N-methyl/N-ethyl adjacent to an activating group) is 1. The average molecular weight is 410 g/mol.